The number of H-pyrrole nitrogens is 1. The van der Waals surface area contributed by atoms with E-state index in [-0.39, 0.29) is 5.54 Å². The Morgan fingerprint density at radius 1 is 1.32 bits per heavy atom. The predicted molar refractivity (Wildman–Crippen MR) is 78.3 cm³/mol. The Hall–Kier alpha value is -1.33. The molecule has 0 aliphatic heterocycles. The minimum absolute atomic E-state index is 0.140. The summed E-state index contributed by atoms with van der Waals surface area (Å²) in [5, 5.41) is 11.0. The zero-order chi connectivity index (χ0) is 13.9. The molecule has 0 radical (unpaired) electrons. The Kier molecular flexibility index (Phi) is 4.27. The summed E-state index contributed by atoms with van der Waals surface area (Å²) < 4.78 is 0. The third-order valence-corrected chi connectivity index (χ3v) is 3.73. The molecule has 0 spiro atoms. The van der Waals surface area contributed by atoms with Gasteiger partial charge in [-0.15, -0.1) is 0 Å². The monoisotopic (exact) mass is 276 g/mol. The molecular weight excluding hydrogens is 256 g/mol. The first-order valence-corrected chi connectivity index (χ1v) is 7.13. The fourth-order valence-electron chi connectivity index (χ4n) is 1.65. The molecule has 2 N–H and O–H groups in total. The van der Waals surface area contributed by atoms with Crippen LogP contribution in [-0.4, -0.2) is 20.7 Å². The molecule has 0 bridgehead atoms. The van der Waals surface area contributed by atoms with E-state index in [9.17, 15) is 0 Å². The van der Waals surface area contributed by atoms with Crippen LogP contribution in [0.4, 0.5) is 0 Å². The summed E-state index contributed by atoms with van der Waals surface area (Å²) in [7, 11) is 0. The van der Waals surface area contributed by atoms with Crippen molar-refractivity contribution in [3.05, 3.63) is 35.7 Å². The number of aromatic amines is 1. The quantitative estimate of drug-likeness (QED) is 0.900. The van der Waals surface area contributed by atoms with Gasteiger partial charge < -0.3 is 5.32 Å². The second-order valence-corrected chi connectivity index (χ2v) is 6.63. The van der Waals surface area contributed by atoms with Crippen molar-refractivity contribution >= 4 is 11.8 Å². The molecule has 4 nitrogen and oxygen atoms in total. The largest absolute Gasteiger partial charge is 0.308 e. The molecule has 0 aliphatic carbocycles. The number of rotatable bonds is 4. The minimum Gasteiger partial charge on any atom is -0.308 e. The smallest absolute Gasteiger partial charge is 0.188 e. The number of hydrogen-bond donors (Lipinski definition) is 2. The van der Waals surface area contributed by atoms with Crippen molar-refractivity contribution in [2.75, 3.05) is 0 Å². The van der Waals surface area contributed by atoms with E-state index in [1.807, 2.05) is 0 Å². The SMILES string of the molecule is Cc1cc(CNC(C)(C)C)ccc1Sc1ncn[nH]1. The van der Waals surface area contributed by atoms with Crippen molar-refractivity contribution in [3.63, 3.8) is 0 Å². The van der Waals surface area contributed by atoms with Crippen molar-refractivity contribution in [2.24, 2.45) is 0 Å². The Morgan fingerprint density at radius 3 is 2.68 bits per heavy atom. The summed E-state index contributed by atoms with van der Waals surface area (Å²) in [6.45, 7) is 9.53. The summed E-state index contributed by atoms with van der Waals surface area (Å²) in [6, 6.07) is 6.52. The summed E-state index contributed by atoms with van der Waals surface area (Å²) in [5.41, 5.74) is 2.70. The maximum Gasteiger partial charge on any atom is 0.188 e. The second kappa shape index (κ2) is 5.75. The van der Waals surface area contributed by atoms with E-state index in [0.29, 0.717) is 0 Å². The molecule has 0 saturated heterocycles. The average molecular weight is 276 g/mol. The van der Waals surface area contributed by atoms with Crippen LogP contribution in [0.15, 0.2) is 34.6 Å². The summed E-state index contributed by atoms with van der Waals surface area (Å²) in [4.78, 5) is 5.33. The van der Waals surface area contributed by atoms with Crippen LogP contribution in [0.1, 0.15) is 31.9 Å². The maximum atomic E-state index is 4.13. The van der Waals surface area contributed by atoms with Crippen molar-refractivity contribution in [2.45, 2.75) is 49.8 Å². The summed E-state index contributed by atoms with van der Waals surface area (Å²) in [6.07, 6.45) is 1.53. The van der Waals surface area contributed by atoms with Gasteiger partial charge in [0.25, 0.3) is 0 Å². The lowest BCUT2D eigenvalue weighted by Gasteiger charge is -2.20. The molecule has 0 aliphatic rings. The van der Waals surface area contributed by atoms with Crippen LogP contribution in [0.5, 0.6) is 0 Å². The van der Waals surface area contributed by atoms with Gasteiger partial charge in [-0.3, -0.25) is 5.10 Å². The van der Waals surface area contributed by atoms with Gasteiger partial charge in [-0.05, 0) is 44.9 Å². The highest BCUT2D eigenvalue weighted by molar-refractivity contribution is 7.99. The summed E-state index contributed by atoms with van der Waals surface area (Å²) in [5.74, 6) is 0. The lowest BCUT2D eigenvalue weighted by atomic mass is 10.1. The Labute approximate surface area is 118 Å². The van der Waals surface area contributed by atoms with Crippen LogP contribution >= 0.6 is 11.8 Å². The predicted octanol–water partition coefficient (Wildman–Crippen LogP) is 3.15. The molecule has 102 valence electrons. The first-order chi connectivity index (χ1) is 8.94. The average Bonchev–Trinajstić information content (AvgIpc) is 2.81. The standard InChI is InChI=1S/C14H20N4S/c1-10-7-11(8-16-14(2,3)4)5-6-12(10)19-13-15-9-17-18-13/h5-7,9,16H,8H2,1-4H3,(H,15,17,18). The van der Waals surface area contributed by atoms with Gasteiger partial charge in [-0.2, -0.15) is 5.10 Å². The molecule has 1 aromatic carbocycles. The van der Waals surface area contributed by atoms with E-state index in [4.69, 9.17) is 0 Å². The molecule has 1 heterocycles. The fourth-order valence-corrected chi connectivity index (χ4v) is 2.41. The highest BCUT2D eigenvalue weighted by Crippen LogP contribution is 2.27. The van der Waals surface area contributed by atoms with Gasteiger partial charge in [0.15, 0.2) is 5.16 Å². The highest BCUT2D eigenvalue weighted by Gasteiger charge is 2.09. The van der Waals surface area contributed by atoms with Crippen LogP contribution < -0.4 is 5.32 Å². The minimum atomic E-state index is 0.140. The van der Waals surface area contributed by atoms with Crippen molar-refractivity contribution in [1.29, 1.82) is 0 Å². The first-order valence-electron chi connectivity index (χ1n) is 6.32. The number of nitrogens with zero attached hydrogens (tertiary/aromatic N) is 2. The molecule has 5 heteroatoms. The molecule has 0 atom stereocenters. The number of nitrogens with one attached hydrogen (secondary N) is 2. The Morgan fingerprint density at radius 2 is 2.11 bits per heavy atom. The molecule has 0 amide bonds. The van der Waals surface area contributed by atoms with Gasteiger partial charge in [-0.1, -0.05) is 23.9 Å². The van der Waals surface area contributed by atoms with Gasteiger partial charge in [0.2, 0.25) is 0 Å². The van der Waals surface area contributed by atoms with Crippen LogP contribution in [0.3, 0.4) is 0 Å². The zero-order valence-electron chi connectivity index (χ0n) is 11.8. The third-order valence-electron chi connectivity index (χ3n) is 2.66. The lowest BCUT2D eigenvalue weighted by molar-refractivity contribution is 0.424. The van der Waals surface area contributed by atoms with Gasteiger partial charge in [0.05, 0.1) is 0 Å². The van der Waals surface area contributed by atoms with Gasteiger partial charge in [0.1, 0.15) is 6.33 Å². The molecule has 19 heavy (non-hydrogen) atoms. The van der Waals surface area contributed by atoms with E-state index in [1.165, 1.54) is 22.3 Å². The van der Waals surface area contributed by atoms with Crippen molar-refractivity contribution in [1.82, 2.24) is 20.5 Å². The molecular formula is C14H20N4S. The lowest BCUT2D eigenvalue weighted by Crippen LogP contribution is -2.35. The maximum absolute atomic E-state index is 4.13. The van der Waals surface area contributed by atoms with Crippen molar-refractivity contribution < 1.29 is 0 Å². The van der Waals surface area contributed by atoms with E-state index in [0.717, 1.165) is 11.7 Å². The van der Waals surface area contributed by atoms with Crippen LogP contribution in [0.25, 0.3) is 0 Å². The first kappa shape index (κ1) is 14.1. The molecule has 0 unspecified atom stereocenters. The molecule has 2 aromatic rings. The third kappa shape index (κ3) is 4.36. The van der Waals surface area contributed by atoms with Crippen LogP contribution in [-0.2, 0) is 6.54 Å². The second-order valence-electron chi connectivity index (χ2n) is 5.60. The van der Waals surface area contributed by atoms with Crippen LogP contribution in [0.2, 0.25) is 0 Å². The Balaban J connectivity index is 2.05. The molecule has 0 fully saturated rings. The number of benzene rings is 1. The van der Waals surface area contributed by atoms with E-state index >= 15 is 0 Å². The number of aryl methyl sites for hydroxylation is 1. The van der Waals surface area contributed by atoms with Crippen LogP contribution in [0, 0.1) is 6.92 Å². The van der Waals surface area contributed by atoms with Crippen molar-refractivity contribution in [3.8, 4) is 0 Å². The number of aromatic nitrogens is 3. The van der Waals surface area contributed by atoms with E-state index in [2.05, 4.69) is 66.4 Å². The van der Waals surface area contributed by atoms with E-state index in [1.54, 1.807) is 11.8 Å². The van der Waals surface area contributed by atoms with Gasteiger partial charge in [0, 0.05) is 17.0 Å². The Bertz CT molecular complexity index is 529. The molecule has 1 aromatic heterocycles. The molecule has 0 saturated carbocycles. The summed E-state index contributed by atoms with van der Waals surface area (Å²) >= 11 is 1.60. The fraction of sp³-hybridized carbons (Fsp3) is 0.429. The highest BCUT2D eigenvalue weighted by atomic mass is 32.2. The zero-order valence-corrected chi connectivity index (χ0v) is 12.6. The number of hydrogen-bond acceptors (Lipinski definition) is 4. The van der Waals surface area contributed by atoms with Gasteiger partial charge >= 0.3 is 0 Å². The topological polar surface area (TPSA) is 53.6 Å². The van der Waals surface area contributed by atoms with Gasteiger partial charge in [-0.25, -0.2) is 4.98 Å². The molecule has 2 rings (SSSR count). The normalized spacial score (nSPS) is 11.8. The van der Waals surface area contributed by atoms with E-state index < -0.39 is 0 Å².